The molecule has 0 saturated carbocycles. The van der Waals surface area contributed by atoms with Crippen molar-refractivity contribution < 1.29 is 5.11 Å². The number of aliphatic hydroxyl groups is 1. The fourth-order valence-corrected chi connectivity index (χ4v) is 2.83. The Labute approximate surface area is 131 Å². The van der Waals surface area contributed by atoms with Crippen molar-refractivity contribution in [2.45, 2.75) is 71.3 Å². The molecule has 0 unspecified atom stereocenters. The number of hydrogen-bond acceptors (Lipinski definition) is 1. The lowest BCUT2D eigenvalue weighted by atomic mass is 9.68. The van der Waals surface area contributed by atoms with Gasteiger partial charge in [-0.2, -0.15) is 0 Å². The SMILES string of the molecule is C=C[C@@](C)(CCCCCC)[C@@](C)(O)CCc1ccccc1. The van der Waals surface area contributed by atoms with Gasteiger partial charge in [-0.05, 0) is 31.7 Å². The minimum Gasteiger partial charge on any atom is -0.389 e. The summed E-state index contributed by atoms with van der Waals surface area (Å²) in [5.41, 5.74) is 0.363. The second-order valence-electron chi connectivity index (χ2n) is 6.69. The first kappa shape index (κ1) is 18.0. The summed E-state index contributed by atoms with van der Waals surface area (Å²) in [5, 5.41) is 11.0. The van der Waals surface area contributed by atoms with Crippen LogP contribution in [0.4, 0.5) is 0 Å². The van der Waals surface area contributed by atoms with Crippen LogP contribution in [0.2, 0.25) is 0 Å². The second kappa shape index (κ2) is 8.38. The zero-order valence-electron chi connectivity index (χ0n) is 14.1. The highest BCUT2D eigenvalue weighted by Crippen LogP contribution is 2.40. The highest BCUT2D eigenvalue weighted by Gasteiger charge is 2.39. The third-order valence-corrected chi connectivity index (χ3v) is 4.97. The lowest BCUT2D eigenvalue weighted by Gasteiger charge is -2.41. The molecule has 0 aliphatic carbocycles. The molecule has 0 aliphatic heterocycles. The highest BCUT2D eigenvalue weighted by molar-refractivity contribution is 5.16. The van der Waals surface area contributed by atoms with Crippen molar-refractivity contribution in [3.8, 4) is 0 Å². The van der Waals surface area contributed by atoms with Crippen LogP contribution in [0.5, 0.6) is 0 Å². The van der Waals surface area contributed by atoms with Gasteiger partial charge in [0.2, 0.25) is 0 Å². The molecule has 0 spiro atoms. The molecule has 21 heavy (non-hydrogen) atoms. The quantitative estimate of drug-likeness (QED) is 0.443. The Morgan fingerprint density at radius 1 is 1.05 bits per heavy atom. The molecule has 118 valence electrons. The van der Waals surface area contributed by atoms with Gasteiger partial charge in [0.25, 0.3) is 0 Å². The fourth-order valence-electron chi connectivity index (χ4n) is 2.83. The van der Waals surface area contributed by atoms with Crippen LogP contribution in [0.25, 0.3) is 0 Å². The van der Waals surface area contributed by atoms with Crippen LogP contribution < -0.4 is 0 Å². The Morgan fingerprint density at radius 2 is 1.71 bits per heavy atom. The van der Waals surface area contributed by atoms with Crippen LogP contribution in [-0.2, 0) is 6.42 Å². The summed E-state index contributed by atoms with van der Waals surface area (Å²) in [6.45, 7) is 10.3. The summed E-state index contributed by atoms with van der Waals surface area (Å²) in [4.78, 5) is 0. The minimum absolute atomic E-state index is 0.213. The maximum atomic E-state index is 11.0. The molecule has 0 aliphatic rings. The van der Waals surface area contributed by atoms with E-state index in [0.29, 0.717) is 0 Å². The van der Waals surface area contributed by atoms with E-state index in [0.717, 1.165) is 25.7 Å². The molecule has 1 rings (SSSR count). The predicted molar refractivity (Wildman–Crippen MR) is 92.4 cm³/mol. The Morgan fingerprint density at radius 3 is 2.29 bits per heavy atom. The Kier molecular flexibility index (Phi) is 7.17. The zero-order chi connectivity index (χ0) is 15.8. The molecular formula is C20H32O. The van der Waals surface area contributed by atoms with Crippen LogP contribution in [0.3, 0.4) is 0 Å². The smallest absolute Gasteiger partial charge is 0.0710 e. The molecule has 2 atom stereocenters. The molecule has 1 nitrogen and oxygen atoms in total. The van der Waals surface area contributed by atoms with Gasteiger partial charge in [0.15, 0.2) is 0 Å². The van der Waals surface area contributed by atoms with Crippen molar-refractivity contribution in [1.29, 1.82) is 0 Å². The first-order chi connectivity index (χ1) is 9.95. The van der Waals surface area contributed by atoms with Crippen LogP contribution >= 0.6 is 0 Å². The largest absolute Gasteiger partial charge is 0.389 e. The Bertz CT molecular complexity index is 407. The number of benzene rings is 1. The van der Waals surface area contributed by atoms with E-state index in [-0.39, 0.29) is 5.41 Å². The minimum atomic E-state index is -0.712. The van der Waals surface area contributed by atoms with Gasteiger partial charge in [-0.3, -0.25) is 0 Å². The molecule has 0 saturated heterocycles. The highest BCUT2D eigenvalue weighted by atomic mass is 16.3. The summed E-state index contributed by atoms with van der Waals surface area (Å²) < 4.78 is 0. The van der Waals surface area contributed by atoms with Crippen LogP contribution in [0.1, 0.15) is 64.9 Å². The van der Waals surface area contributed by atoms with E-state index in [2.05, 4.69) is 44.7 Å². The molecule has 0 bridgehead atoms. The Hall–Kier alpha value is -1.08. The maximum absolute atomic E-state index is 11.0. The normalized spacial score (nSPS) is 17.0. The zero-order valence-corrected chi connectivity index (χ0v) is 14.1. The molecule has 0 amide bonds. The third kappa shape index (κ3) is 5.32. The van der Waals surface area contributed by atoms with Gasteiger partial charge >= 0.3 is 0 Å². The van der Waals surface area contributed by atoms with Crippen LogP contribution in [-0.4, -0.2) is 10.7 Å². The third-order valence-electron chi connectivity index (χ3n) is 4.97. The summed E-state index contributed by atoms with van der Waals surface area (Å²) in [6, 6.07) is 10.4. The number of unbranched alkanes of at least 4 members (excludes halogenated alkanes) is 3. The van der Waals surface area contributed by atoms with E-state index >= 15 is 0 Å². The summed E-state index contributed by atoms with van der Waals surface area (Å²) in [7, 11) is 0. The molecular weight excluding hydrogens is 256 g/mol. The average Bonchev–Trinajstić information content (AvgIpc) is 2.50. The van der Waals surface area contributed by atoms with Gasteiger partial charge in [0.1, 0.15) is 0 Å². The monoisotopic (exact) mass is 288 g/mol. The van der Waals surface area contributed by atoms with E-state index in [4.69, 9.17) is 0 Å². The molecule has 0 radical (unpaired) electrons. The van der Waals surface area contributed by atoms with Gasteiger partial charge < -0.3 is 5.11 Å². The van der Waals surface area contributed by atoms with Gasteiger partial charge in [-0.25, -0.2) is 0 Å². The molecule has 1 aromatic rings. The molecule has 1 N–H and O–H groups in total. The van der Waals surface area contributed by atoms with E-state index in [1.165, 1.54) is 24.8 Å². The van der Waals surface area contributed by atoms with Crippen molar-refractivity contribution in [1.82, 2.24) is 0 Å². The van der Waals surface area contributed by atoms with Crippen molar-refractivity contribution in [3.05, 3.63) is 48.6 Å². The first-order valence-electron chi connectivity index (χ1n) is 8.35. The number of rotatable bonds is 10. The van der Waals surface area contributed by atoms with Gasteiger partial charge in [-0.1, -0.05) is 75.9 Å². The Balaban J connectivity index is 2.60. The standard InChI is InChI=1S/C20H32O/c1-5-7-8-12-16-19(3,6-2)20(4,21)17-15-18-13-10-9-11-14-18/h6,9-11,13-14,21H,2,5,7-8,12,15-17H2,1,3-4H3/t19-,20-/m0/s1. The molecule has 0 fully saturated rings. The van der Waals surface area contributed by atoms with Crippen LogP contribution in [0, 0.1) is 5.41 Å². The first-order valence-corrected chi connectivity index (χ1v) is 8.35. The van der Waals surface area contributed by atoms with Crippen molar-refractivity contribution in [3.63, 3.8) is 0 Å². The molecule has 1 heteroatoms. The van der Waals surface area contributed by atoms with Crippen molar-refractivity contribution in [2.24, 2.45) is 5.41 Å². The van der Waals surface area contributed by atoms with Crippen molar-refractivity contribution in [2.75, 3.05) is 0 Å². The molecule has 0 aromatic heterocycles. The average molecular weight is 288 g/mol. The van der Waals surface area contributed by atoms with Gasteiger partial charge in [0, 0.05) is 5.41 Å². The molecule has 0 heterocycles. The van der Waals surface area contributed by atoms with E-state index in [1.54, 1.807) is 0 Å². The topological polar surface area (TPSA) is 20.2 Å². The fraction of sp³-hybridized carbons (Fsp3) is 0.600. The maximum Gasteiger partial charge on any atom is 0.0710 e. The lowest BCUT2D eigenvalue weighted by molar-refractivity contribution is -0.0462. The number of hydrogen-bond donors (Lipinski definition) is 1. The summed E-state index contributed by atoms with van der Waals surface area (Å²) in [5.74, 6) is 0. The molecule has 1 aromatic carbocycles. The van der Waals surface area contributed by atoms with E-state index < -0.39 is 5.60 Å². The predicted octanol–water partition coefficient (Wildman–Crippen LogP) is 5.53. The van der Waals surface area contributed by atoms with Gasteiger partial charge in [-0.15, -0.1) is 6.58 Å². The van der Waals surface area contributed by atoms with Crippen LogP contribution in [0.15, 0.2) is 43.0 Å². The summed E-state index contributed by atoms with van der Waals surface area (Å²) >= 11 is 0. The lowest BCUT2D eigenvalue weighted by Crippen LogP contribution is -2.43. The van der Waals surface area contributed by atoms with Gasteiger partial charge in [0.05, 0.1) is 5.60 Å². The van der Waals surface area contributed by atoms with E-state index in [1.807, 2.05) is 19.1 Å². The number of aryl methyl sites for hydroxylation is 1. The van der Waals surface area contributed by atoms with Crippen molar-refractivity contribution >= 4 is 0 Å². The summed E-state index contributed by atoms with van der Waals surface area (Å²) in [6.07, 6.45) is 9.59. The second-order valence-corrected chi connectivity index (χ2v) is 6.69. The van der Waals surface area contributed by atoms with E-state index in [9.17, 15) is 5.11 Å².